The molecule has 0 saturated heterocycles. The molecular formula is C13H16ClNO3. The quantitative estimate of drug-likeness (QED) is 0.862. The van der Waals surface area contributed by atoms with Crippen LogP contribution in [0.25, 0.3) is 0 Å². The van der Waals surface area contributed by atoms with Crippen LogP contribution >= 0.6 is 11.6 Å². The van der Waals surface area contributed by atoms with Crippen LogP contribution in [-0.4, -0.2) is 17.7 Å². The maximum absolute atomic E-state index is 10.5. The molecule has 0 fully saturated rings. The van der Waals surface area contributed by atoms with Gasteiger partial charge in [-0.2, -0.15) is 0 Å². The van der Waals surface area contributed by atoms with E-state index in [-0.39, 0.29) is 12.5 Å². The minimum atomic E-state index is -0.797. The highest BCUT2D eigenvalue weighted by atomic mass is 35.5. The first-order chi connectivity index (χ1) is 8.58. The third kappa shape index (κ3) is 2.94. The summed E-state index contributed by atoms with van der Waals surface area (Å²) in [7, 11) is 0. The van der Waals surface area contributed by atoms with E-state index in [9.17, 15) is 4.79 Å². The van der Waals surface area contributed by atoms with Crippen LogP contribution < -0.4 is 10.5 Å². The van der Waals surface area contributed by atoms with E-state index in [1.54, 1.807) is 0 Å². The van der Waals surface area contributed by atoms with Crippen molar-refractivity contribution in [2.75, 3.05) is 6.61 Å². The Morgan fingerprint density at radius 1 is 1.56 bits per heavy atom. The van der Waals surface area contributed by atoms with Crippen molar-refractivity contribution in [2.45, 2.75) is 31.7 Å². The summed E-state index contributed by atoms with van der Waals surface area (Å²) in [6, 6.07) is 3.49. The van der Waals surface area contributed by atoms with E-state index in [0.717, 1.165) is 23.3 Å². The lowest BCUT2D eigenvalue weighted by Gasteiger charge is -2.15. The zero-order valence-electron chi connectivity index (χ0n) is 9.99. The summed E-state index contributed by atoms with van der Waals surface area (Å²) in [5, 5.41) is 9.26. The number of nitrogens with two attached hydrogens (primary N) is 1. The second kappa shape index (κ2) is 5.59. The van der Waals surface area contributed by atoms with Gasteiger partial charge in [-0.1, -0.05) is 11.6 Å². The number of carbonyl (C=O) groups is 1. The van der Waals surface area contributed by atoms with E-state index in [1.165, 1.54) is 0 Å². The molecule has 1 atom stereocenters. The van der Waals surface area contributed by atoms with E-state index < -0.39 is 5.97 Å². The Bertz CT molecular complexity index is 462. The number of fused-ring (bicyclic) bond motifs is 1. The lowest BCUT2D eigenvalue weighted by atomic mass is 9.98. The molecule has 3 N–H and O–H groups in total. The molecule has 0 aromatic heterocycles. The molecule has 1 aromatic carbocycles. The van der Waals surface area contributed by atoms with E-state index in [0.29, 0.717) is 24.5 Å². The first-order valence-electron chi connectivity index (χ1n) is 6.00. The third-order valence-electron chi connectivity index (χ3n) is 3.08. The lowest BCUT2D eigenvalue weighted by Crippen LogP contribution is -2.12. The molecule has 1 aliphatic heterocycles. The van der Waals surface area contributed by atoms with Gasteiger partial charge in [0.05, 0.1) is 6.61 Å². The van der Waals surface area contributed by atoms with Gasteiger partial charge >= 0.3 is 5.97 Å². The summed E-state index contributed by atoms with van der Waals surface area (Å²) in [4.78, 5) is 10.5. The van der Waals surface area contributed by atoms with Gasteiger partial charge in [-0.15, -0.1) is 0 Å². The van der Waals surface area contributed by atoms with Crippen molar-refractivity contribution in [1.29, 1.82) is 0 Å². The van der Waals surface area contributed by atoms with Gasteiger partial charge < -0.3 is 15.6 Å². The molecule has 0 amide bonds. The van der Waals surface area contributed by atoms with E-state index in [4.69, 9.17) is 27.2 Å². The van der Waals surface area contributed by atoms with Crippen molar-refractivity contribution in [3.8, 4) is 5.75 Å². The summed E-state index contributed by atoms with van der Waals surface area (Å²) < 4.78 is 5.58. The molecule has 98 valence electrons. The van der Waals surface area contributed by atoms with Crippen molar-refractivity contribution < 1.29 is 14.6 Å². The van der Waals surface area contributed by atoms with Crippen LogP contribution in [0.4, 0.5) is 0 Å². The highest BCUT2D eigenvalue weighted by Crippen LogP contribution is 2.36. The lowest BCUT2D eigenvalue weighted by molar-refractivity contribution is -0.137. The van der Waals surface area contributed by atoms with Gasteiger partial charge in [-0.25, -0.2) is 0 Å². The predicted octanol–water partition coefficient (Wildman–Crippen LogP) is 2.53. The monoisotopic (exact) mass is 269 g/mol. The average molecular weight is 270 g/mol. The van der Waals surface area contributed by atoms with Crippen molar-refractivity contribution in [1.82, 2.24) is 0 Å². The van der Waals surface area contributed by atoms with Crippen LogP contribution in [0.2, 0.25) is 5.02 Å². The molecule has 0 spiro atoms. The van der Waals surface area contributed by atoms with Crippen LogP contribution in [0.1, 0.15) is 36.4 Å². The molecule has 1 aliphatic rings. The van der Waals surface area contributed by atoms with E-state index >= 15 is 0 Å². The van der Waals surface area contributed by atoms with Crippen molar-refractivity contribution in [3.05, 3.63) is 28.3 Å². The van der Waals surface area contributed by atoms with Crippen LogP contribution in [-0.2, 0) is 11.2 Å². The Morgan fingerprint density at radius 3 is 3.06 bits per heavy atom. The highest BCUT2D eigenvalue weighted by molar-refractivity contribution is 6.30. The average Bonchev–Trinajstić information content (AvgIpc) is 2.74. The highest BCUT2D eigenvalue weighted by Gasteiger charge is 2.21. The van der Waals surface area contributed by atoms with Gasteiger partial charge in [0.1, 0.15) is 5.75 Å². The fourth-order valence-corrected chi connectivity index (χ4v) is 2.45. The van der Waals surface area contributed by atoms with Crippen LogP contribution in [0, 0.1) is 0 Å². The van der Waals surface area contributed by atoms with Crippen molar-refractivity contribution in [3.63, 3.8) is 0 Å². The van der Waals surface area contributed by atoms with E-state index in [1.807, 2.05) is 12.1 Å². The molecule has 0 bridgehead atoms. The largest absolute Gasteiger partial charge is 0.493 e. The van der Waals surface area contributed by atoms with Gasteiger partial charge in [0.15, 0.2) is 0 Å². The van der Waals surface area contributed by atoms with Crippen molar-refractivity contribution in [2.24, 2.45) is 5.73 Å². The maximum Gasteiger partial charge on any atom is 0.303 e. The normalized spacial score (nSPS) is 15.0. The summed E-state index contributed by atoms with van der Waals surface area (Å²) in [5.74, 6) is 0.0389. The van der Waals surface area contributed by atoms with Crippen LogP contribution in [0.3, 0.4) is 0 Å². The number of hydrogen-bond donors (Lipinski definition) is 2. The molecule has 1 aromatic rings. The third-order valence-corrected chi connectivity index (χ3v) is 3.30. The number of rotatable bonds is 5. The SMILES string of the molecule is NC(CCCC(=O)O)c1cc(Cl)cc2c1OCC2. The molecule has 18 heavy (non-hydrogen) atoms. The second-order valence-corrected chi connectivity index (χ2v) is 4.91. The Balaban J connectivity index is 2.10. The number of carboxylic acids is 1. The number of carboxylic acid groups (broad SMARTS) is 1. The number of ether oxygens (including phenoxy) is 1. The van der Waals surface area contributed by atoms with Gasteiger partial charge in [0.25, 0.3) is 0 Å². The van der Waals surface area contributed by atoms with Crippen LogP contribution in [0.5, 0.6) is 5.75 Å². The molecular weight excluding hydrogens is 254 g/mol. The van der Waals surface area contributed by atoms with Crippen molar-refractivity contribution >= 4 is 17.6 Å². The summed E-state index contributed by atoms with van der Waals surface area (Å²) in [6.07, 6.45) is 2.16. The van der Waals surface area contributed by atoms with Gasteiger partial charge in [-0.05, 0) is 30.5 Å². The number of benzene rings is 1. The Labute approximate surface area is 111 Å². The molecule has 4 nitrogen and oxygen atoms in total. The first-order valence-corrected chi connectivity index (χ1v) is 6.38. The molecule has 1 heterocycles. The maximum atomic E-state index is 10.5. The summed E-state index contributed by atoms with van der Waals surface area (Å²) in [5.41, 5.74) is 8.07. The fourth-order valence-electron chi connectivity index (χ4n) is 2.20. The Kier molecular flexibility index (Phi) is 4.09. The Hall–Kier alpha value is -1.26. The minimum absolute atomic E-state index is 0.136. The summed E-state index contributed by atoms with van der Waals surface area (Å²) in [6.45, 7) is 0.657. The fraction of sp³-hybridized carbons (Fsp3) is 0.462. The molecule has 2 rings (SSSR count). The van der Waals surface area contributed by atoms with E-state index in [2.05, 4.69) is 0 Å². The number of halogens is 1. The predicted molar refractivity (Wildman–Crippen MR) is 69.1 cm³/mol. The van der Waals surface area contributed by atoms with Crippen LogP contribution in [0.15, 0.2) is 12.1 Å². The van der Waals surface area contributed by atoms with Gasteiger partial charge in [0.2, 0.25) is 0 Å². The number of hydrogen-bond acceptors (Lipinski definition) is 3. The number of aliphatic carboxylic acids is 1. The zero-order valence-corrected chi connectivity index (χ0v) is 10.7. The molecule has 1 unspecified atom stereocenters. The standard InChI is InChI=1S/C13H16ClNO3/c14-9-6-8-4-5-18-13(8)10(7-9)11(15)2-1-3-12(16)17/h6-7,11H,1-5,15H2,(H,16,17). The van der Waals surface area contributed by atoms with Gasteiger partial charge in [0, 0.05) is 29.5 Å². The second-order valence-electron chi connectivity index (χ2n) is 4.47. The molecule has 0 saturated carbocycles. The summed E-state index contributed by atoms with van der Waals surface area (Å²) >= 11 is 6.05. The molecule has 5 heteroatoms. The minimum Gasteiger partial charge on any atom is -0.493 e. The zero-order chi connectivity index (χ0) is 13.1. The van der Waals surface area contributed by atoms with Gasteiger partial charge in [-0.3, -0.25) is 4.79 Å². The Morgan fingerprint density at radius 2 is 2.33 bits per heavy atom. The topological polar surface area (TPSA) is 72.6 Å². The first kappa shape index (κ1) is 13.2. The smallest absolute Gasteiger partial charge is 0.303 e. The molecule has 0 radical (unpaired) electrons. The molecule has 0 aliphatic carbocycles.